The highest BCUT2D eigenvalue weighted by atomic mass is 35.5. The first kappa shape index (κ1) is 31.5. The van der Waals surface area contributed by atoms with Crippen LogP contribution in [0.25, 0.3) is 21.3 Å². The Balaban J connectivity index is 1.58. The van der Waals surface area contributed by atoms with Crippen LogP contribution in [-0.2, 0) is 17.6 Å². The molecule has 0 aliphatic heterocycles. The van der Waals surface area contributed by atoms with Gasteiger partial charge in [-0.1, -0.05) is 77.4 Å². The lowest BCUT2D eigenvalue weighted by Crippen LogP contribution is -2.16. The van der Waals surface area contributed by atoms with Crippen molar-refractivity contribution in [1.29, 1.82) is 0 Å². The fourth-order valence-electron chi connectivity index (χ4n) is 5.71. The van der Waals surface area contributed by atoms with Crippen molar-refractivity contribution >= 4 is 28.5 Å². The summed E-state index contributed by atoms with van der Waals surface area (Å²) in [5.41, 5.74) is 14.9. The molecule has 1 aromatic heterocycles. The Morgan fingerprint density at radius 1 is 0.933 bits per heavy atom. The maximum atomic E-state index is 12.3. The van der Waals surface area contributed by atoms with Crippen molar-refractivity contribution in [1.82, 2.24) is 4.57 Å². The van der Waals surface area contributed by atoms with Gasteiger partial charge >= 0.3 is 5.97 Å². The Morgan fingerprint density at radius 3 is 2.24 bits per heavy atom. The second kappa shape index (κ2) is 14.7. The van der Waals surface area contributed by atoms with Crippen LogP contribution in [0.1, 0.15) is 52.6 Å². The number of hydrogen-bond acceptors (Lipinski definition) is 5. The molecule has 0 aliphatic rings. The number of fused-ring (bicyclic) bond motifs is 1. The van der Waals surface area contributed by atoms with Crippen LogP contribution in [0.2, 0.25) is 5.02 Å². The van der Waals surface area contributed by atoms with Gasteiger partial charge in [-0.3, -0.25) is 0 Å². The van der Waals surface area contributed by atoms with Gasteiger partial charge in [-0.25, -0.2) is 4.79 Å². The maximum absolute atomic E-state index is 12.3. The molecular weight excluding hydrogens is 588 g/mol. The molecule has 5 rings (SSSR count). The number of carbonyl (C=O) groups excluding carboxylic acids is 1. The third-order valence-corrected chi connectivity index (χ3v) is 7.76. The summed E-state index contributed by atoms with van der Waals surface area (Å²) in [6, 6.07) is 31.7. The average Bonchev–Trinajstić information content (AvgIpc) is 3.33. The summed E-state index contributed by atoms with van der Waals surface area (Å²) in [6.45, 7) is 4.44. The summed E-state index contributed by atoms with van der Waals surface area (Å²) in [5.74, 6) is 0.501. The van der Waals surface area contributed by atoms with E-state index in [0.717, 1.165) is 33.3 Å². The molecule has 0 aliphatic carbocycles. The van der Waals surface area contributed by atoms with Gasteiger partial charge in [-0.2, -0.15) is 0 Å². The van der Waals surface area contributed by atoms with Crippen LogP contribution in [-0.4, -0.2) is 36.9 Å². The van der Waals surface area contributed by atoms with E-state index >= 15 is 0 Å². The lowest BCUT2D eigenvalue weighted by Gasteiger charge is -2.25. The second-order valence-corrected chi connectivity index (χ2v) is 11.2. The smallest absolute Gasteiger partial charge is 0.341 e. The number of aromatic nitrogens is 1. The summed E-state index contributed by atoms with van der Waals surface area (Å²) in [7, 11) is 1.34. The molecule has 0 saturated carbocycles. The topological polar surface area (TPSA) is 98.5 Å². The number of ether oxygens (including phenoxy) is 3. The van der Waals surface area contributed by atoms with Crippen LogP contribution in [0.15, 0.2) is 102 Å². The van der Waals surface area contributed by atoms with Crippen molar-refractivity contribution in [2.24, 2.45) is 5.11 Å². The van der Waals surface area contributed by atoms with Gasteiger partial charge in [0.05, 0.1) is 25.9 Å². The molecule has 0 radical (unpaired) electrons. The number of esters is 1. The van der Waals surface area contributed by atoms with Gasteiger partial charge in [0, 0.05) is 45.6 Å². The molecule has 0 N–H and O–H groups in total. The SMILES string of the molecule is COC(=O)c1ccc(OCCc2c(CCN=[N+]=[N-])n(C(c3ccccc3)c3ccccc3)c3ccc(Cl)cc23)cc1OC(C)C. The van der Waals surface area contributed by atoms with Gasteiger partial charge in [0.25, 0.3) is 0 Å². The zero-order valence-electron chi connectivity index (χ0n) is 25.5. The number of hydrogen-bond donors (Lipinski definition) is 0. The molecule has 5 aromatic rings. The minimum absolute atomic E-state index is 0.131. The maximum Gasteiger partial charge on any atom is 0.341 e. The highest BCUT2D eigenvalue weighted by Gasteiger charge is 2.25. The van der Waals surface area contributed by atoms with Crippen LogP contribution in [0.4, 0.5) is 0 Å². The molecule has 0 fully saturated rings. The first-order valence-corrected chi connectivity index (χ1v) is 15.2. The molecule has 9 heteroatoms. The van der Waals surface area contributed by atoms with Gasteiger partial charge in [0.15, 0.2) is 0 Å². The molecule has 0 atom stereocenters. The number of benzene rings is 4. The fourth-order valence-corrected chi connectivity index (χ4v) is 5.88. The summed E-state index contributed by atoms with van der Waals surface area (Å²) in [4.78, 5) is 15.3. The van der Waals surface area contributed by atoms with Crippen LogP contribution >= 0.6 is 11.6 Å². The Bertz CT molecular complexity index is 1780. The van der Waals surface area contributed by atoms with Crippen LogP contribution in [0.5, 0.6) is 11.5 Å². The van der Waals surface area contributed by atoms with Gasteiger partial charge in [0.2, 0.25) is 0 Å². The van der Waals surface area contributed by atoms with Crippen molar-refractivity contribution < 1.29 is 19.0 Å². The molecule has 4 aromatic carbocycles. The molecular formula is C36H35ClN4O4. The highest BCUT2D eigenvalue weighted by Crippen LogP contribution is 2.38. The van der Waals surface area contributed by atoms with Gasteiger partial charge in [-0.05, 0) is 72.8 Å². The highest BCUT2D eigenvalue weighted by molar-refractivity contribution is 6.31. The molecule has 1 heterocycles. The van der Waals surface area contributed by atoms with E-state index in [2.05, 4.69) is 44.9 Å². The average molecular weight is 623 g/mol. The van der Waals surface area contributed by atoms with E-state index in [-0.39, 0.29) is 12.1 Å². The standard InChI is InChI=1S/C36H35ClN4O4/c1-24(2)45-34-23-28(15-16-30(34)36(42)43-3)44-21-19-29-31-22-27(37)14-17-32(31)41(33(29)18-20-39-40-38)35(25-10-6-4-7-11-25)26-12-8-5-9-13-26/h4-17,22-24,35H,18-21H2,1-3H3. The number of nitrogens with zero attached hydrogens (tertiary/aromatic N) is 4. The Labute approximate surface area is 267 Å². The summed E-state index contributed by atoms with van der Waals surface area (Å²) in [5, 5.41) is 5.54. The molecule has 230 valence electrons. The largest absolute Gasteiger partial charge is 0.493 e. The van der Waals surface area contributed by atoms with E-state index in [1.165, 1.54) is 7.11 Å². The van der Waals surface area contributed by atoms with E-state index in [4.69, 9.17) is 31.3 Å². The predicted octanol–water partition coefficient (Wildman–Crippen LogP) is 8.98. The normalized spacial score (nSPS) is 11.1. The van der Waals surface area contributed by atoms with Crippen molar-refractivity contribution in [3.63, 3.8) is 0 Å². The lowest BCUT2D eigenvalue weighted by molar-refractivity contribution is 0.0594. The molecule has 0 unspecified atom stereocenters. The number of rotatable bonds is 13. The molecule has 0 amide bonds. The lowest BCUT2D eigenvalue weighted by atomic mass is 9.97. The third kappa shape index (κ3) is 7.26. The van der Waals surface area contributed by atoms with E-state index < -0.39 is 5.97 Å². The minimum atomic E-state index is -0.474. The Kier molecular flexibility index (Phi) is 10.3. The molecule has 8 nitrogen and oxygen atoms in total. The second-order valence-electron chi connectivity index (χ2n) is 10.8. The number of halogens is 1. The van der Waals surface area contributed by atoms with E-state index in [9.17, 15) is 4.79 Å². The quantitative estimate of drug-likeness (QED) is 0.0566. The van der Waals surface area contributed by atoms with Gasteiger partial charge in [0.1, 0.15) is 17.1 Å². The van der Waals surface area contributed by atoms with Crippen LogP contribution in [0.3, 0.4) is 0 Å². The van der Waals surface area contributed by atoms with Gasteiger partial charge in [-0.15, -0.1) is 0 Å². The zero-order valence-corrected chi connectivity index (χ0v) is 26.3. The zero-order chi connectivity index (χ0) is 31.8. The Morgan fingerprint density at radius 2 is 1.62 bits per heavy atom. The first-order valence-electron chi connectivity index (χ1n) is 14.8. The van der Waals surface area contributed by atoms with E-state index in [1.54, 1.807) is 18.2 Å². The van der Waals surface area contributed by atoms with Crippen molar-refractivity contribution in [3.05, 3.63) is 140 Å². The summed E-state index contributed by atoms with van der Waals surface area (Å²) in [6.07, 6.45) is 0.952. The number of carbonyl (C=O) groups is 1. The van der Waals surface area contributed by atoms with Crippen molar-refractivity contribution in [3.8, 4) is 11.5 Å². The molecule has 45 heavy (non-hydrogen) atoms. The molecule has 0 saturated heterocycles. The Hall–Kier alpha value is -4.91. The monoisotopic (exact) mass is 622 g/mol. The number of azide groups is 1. The summed E-state index contributed by atoms with van der Waals surface area (Å²) < 4.78 is 19.4. The van der Waals surface area contributed by atoms with E-state index in [0.29, 0.717) is 48.1 Å². The first-order chi connectivity index (χ1) is 21.9. The third-order valence-electron chi connectivity index (χ3n) is 7.52. The van der Waals surface area contributed by atoms with Crippen LogP contribution in [0, 0.1) is 0 Å². The van der Waals surface area contributed by atoms with Crippen molar-refractivity contribution in [2.45, 2.75) is 38.8 Å². The molecule has 0 bridgehead atoms. The van der Waals surface area contributed by atoms with Gasteiger partial charge < -0.3 is 18.8 Å². The van der Waals surface area contributed by atoms with E-state index in [1.807, 2.05) is 62.4 Å². The summed E-state index contributed by atoms with van der Waals surface area (Å²) >= 11 is 6.57. The van der Waals surface area contributed by atoms with Crippen LogP contribution < -0.4 is 9.47 Å². The minimum Gasteiger partial charge on any atom is -0.493 e. The predicted molar refractivity (Wildman–Crippen MR) is 178 cm³/mol. The number of methoxy groups -OCH3 is 1. The fraction of sp³-hybridized carbons (Fsp3) is 0.250. The van der Waals surface area contributed by atoms with Crippen molar-refractivity contribution in [2.75, 3.05) is 20.3 Å². The molecule has 0 spiro atoms.